The van der Waals surface area contributed by atoms with Crippen LogP contribution in [0, 0.1) is 11.3 Å². The molecule has 0 saturated heterocycles. The largest absolute Gasteiger partial charge is 1.00 e. The Balaban J connectivity index is 0.00000133. The molecule has 2 aromatic heterocycles. The van der Waals surface area contributed by atoms with Crippen molar-refractivity contribution in [1.82, 2.24) is 4.57 Å². The topological polar surface area (TPSA) is 32.8 Å². The number of hydrogen-bond donors (Lipinski definition) is 0. The Hall–Kier alpha value is -1.87. The maximum atomic E-state index is 8.90. The van der Waals surface area contributed by atoms with E-state index < -0.39 is 0 Å². The van der Waals surface area contributed by atoms with Gasteiger partial charge in [-0.1, -0.05) is 18.2 Å². The van der Waals surface area contributed by atoms with E-state index in [9.17, 15) is 0 Å². The van der Waals surface area contributed by atoms with Crippen LogP contribution < -0.4 is 28.4 Å². The van der Waals surface area contributed by atoms with Crippen molar-refractivity contribution in [3.63, 3.8) is 0 Å². The average molecular weight is 361 g/mol. The summed E-state index contributed by atoms with van der Waals surface area (Å²) in [4.78, 5) is 0. The van der Waals surface area contributed by atoms with E-state index >= 15 is 0 Å². The van der Waals surface area contributed by atoms with Gasteiger partial charge in [0.15, 0.2) is 0 Å². The monoisotopic (exact) mass is 361 g/mol. The third-order valence-electron chi connectivity index (χ3n) is 2.98. The number of rotatable bonds is 2. The molecule has 4 heteroatoms. The fourth-order valence-corrected chi connectivity index (χ4v) is 2.11. The highest BCUT2D eigenvalue weighted by atomic mass is 127. The molecule has 0 spiro atoms. The van der Waals surface area contributed by atoms with Crippen molar-refractivity contribution in [1.29, 1.82) is 5.26 Å². The Kier molecular flexibility index (Phi) is 4.17. The summed E-state index contributed by atoms with van der Waals surface area (Å²) in [6.07, 6.45) is 6.11. The van der Waals surface area contributed by atoms with Crippen LogP contribution in [0.25, 0.3) is 5.65 Å². The molecule has 94 valence electrons. The Morgan fingerprint density at radius 2 is 2.00 bits per heavy atom. The molecule has 3 nitrogen and oxygen atoms in total. The molecule has 3 aromatic rings. The van der Waals surface area contributed by atoms with Gasteiger partial charge in [0.05, 0.1) is 17.8 Å². The van der Waals surface area contributed by atoms with Crippen LogP contribution in [0.4, 0.5) is 0 Å². The molecule has 0 aliphatic carbocycles. The smallest absolute Gasteiger partial charge is 0.286 e. The van der Waals surface area contributed by atoms with E-state index in [0.717, 1.165) is 17.8 Å². The van der Waals surface area contributed by atoms with E-state index in [1.54, 1.807) is 0 Å². The number of aromatic nitrogens is 2. The van der Waals surface area contributed by atoms with Crippen LogP contribution in [0.5, 0.6) is 0 Å². The van der Waals surface area contributed by atoms with E-state index in [1.807, 2.05) is 55.0 Å². The molecule has 0 unspecified atom stereocenters. The summed E-state index contributed by atoms with van der Waals surface area (Å²) >= 11 is 0. The Morgan fingerprint density at radius 1 is 1.11 bits per heavy atom. The summed E-state index contributed by atoms with van der Waals surface area (Å²) in [5.74, 6) is 0. The predicted octanol–water partition coefficient (Wildman–Crippen LogP) is -0.849. The Bertz CT molecular complexity index is 740. The lowest BCUT2D eigenvalue weighted by molar-refractivity contribution is -0.510. The van der Waals surface area contributed by atoms with Gasteiger partial charge < -0.3 is 24.0 Å². The molecule has 0 atom stereocenters. The quantitative estimate of drug-likeness (QED) is 0.433. The number of pyridine rings is 1. The van der Waals surface area contributed by atoms with Crippen LogP contribution in [0.1, 0.15) is 11.1 Å². The van der Waals surface area contributed by atoms with Gasteiger partial charge in [0.2, 0.25) is 0 Å². The number of fused-ring (bicyclic) bond motifs is 1. The number of nitriles is 1. The zero-order valence-corrected chi connectivity index (χ0v) is 12.4. The van der Waals surface area contributed by atoms with Gasteiger partial charge in [-0.25, -0.2) is 8.97 Å². The van der Waals surface area contributed by atoms with Crippen LogP contribution in [-0.4, -0.2) is 4.57 Å². The molecule has 0 fully saturated rings. The molecule has 1 aromatic carbocycles. The fourth-order valence-electron chi connectivity index (χ4n) is 2.11. The van der Waals surface area contributed by atoms with Crippen molar-refractivity contribution in [3.8, 4) is 6.07 Å². The Labute approximate surface area is 128 Å². The normalized spacial score (nSPS) is 9.84. The third-order valence-corrected chi connectivity index (χ3v) is 2.98. The van der Waals surface area contributed by atoms with Crippen LogP contribution in [-0.2, 0) is 6.54 Å². The maximum Gasteiger partial charge on any atom is 0.286 e. The number of hydrogen-bond acceptors (Lipinski definition) is 1. The SMILES string of the molecule is N#Cc1cccc(Cn2cc[n+]3ccccc23)c1.[I-]. The van der Waals surface area contributed by atoms with E-state index in [2.05, 4.69) is 21.1 Å². The van der Waals surface area contributed by atoms with Crippen molar-refractivity contribution in [3.05, 3.63) is 72.2 Å². The first-order valence-corrected chi connectivity index (χ1v) is 5.81. The lowest BCUT2D eigenvalue weighted by Gasteiger charge is -1.99. The first-order chi connectivity index (χ1) is 8.86. The zero-order valence-electron chi connectivity index (χ0n) is 10.2. The molecular weight excluding hydrogens is 349 g/mol. The summed E-state index contributed by atoms with van der Waals surface area (Å²) in [7, 11) is 0. The number of benzene rings is 1. The second kappa shape index (κ2) is 5.85. The van der Waals surface area contributed by atoms with Crippen molar-refractivity contribution in [2.45, 2.75) is 6.54 Å². The van der Waals surface area contributed by atoms with Crippen LogP contribution in [0.2, 0.25) is 0 Å². The summed E-state index contributed by atoms with van der Waals surface area (Å²) in [6.45, 7) is 0.774. The summed E-state index contributed by atoms with van der Waals surface area (Å²) in [6, 6.07) is 16.0. The minimum Gasteiger partial charge on any atom is -1.00 e. The van der Waals surface area contributed by atoms with E-state index in [-0.39, 0.29) is 24.0 Å². The van der Waals surface area contributed by atoms with Gasteiger partial charge in [-0.3, -0.25) is 0 Å². The predicted molar refractivity (Wildman–Crippen MR) is 67.9 cm³/mol. The van der Waals surface area contributed by atoms with Gasteiger partial charge in [0.1, 0.15) is 18.9 Å². The molecular formula is C15H12IN3. The van der Waals surface area contributed by atoms with E-state index in [4.69, 9.17) is 5.26 Å². The molecule has 3 rings (SSSR count). The molecule has 0 bridgehead atoms. The average Bonchev–Trinajstić information content (AvgIpc) is 2.83. The highest BCUT2D eigenvalue weighted by Gasteiger charge is 2.08. The van der Waals surface area contributed by atoms with Gasteiger partial charge in [0, 0.05) is 6.07 Å². The van der Waals surface area contributed by atoms with Gasteiger partial charge in [-0.05, 0) is 23.8 Å². The van der Waals surface area contributed by atoms with E-state index in [0.29, 0.717) is 5.56 Å². The van der Waals surface area contributed by atoms with Gasteiger partial charge >= 0.3 is 0 Å². The van der Waals surface area contributed by atoms with Crippen molar-refractivity contribution < 1.29 is 28.4 Å². The molecule has 19 heavy (non-hydrogen) atoms. The zero-order chi connectivity index (χ0) is 12.4. The lowest BCUT2D eigenvalue weighted by Crippen LogP contribution is -3.00. The second-order valence-electron chi connectivity index (χ2n) is 4.20. The fraction of sp³-hybridized carbons (Fsp3) is 0.0667. The second-order valence-corrected chi connectivity index (χ2v) is 4.20. The summed E-state index contributed by atoms with van der Waals surface area (Å²) in [5, 5.41) is 8.90. The third kappa shape index (κ3) is 2.76. The van der Waals surface area contributed by atoms with Gasteiger partial charge in [-0.15, -0.1) is 0 Å². The lowest BCUT2D eigenvalue weighted by atomic mass is 10.1. The molecule has 2 heterocycles. The summed E-state index contributed by atoms with van der Waals surface area (Å²) < 4.78 is 4.24. The van der Waals surface area contributed by atoms with Crippen LogP contribution in [0.3, 0.4) is 0 Å². The van der Waals surface area contributed by atoms with Gasteiger partial charge in [-0.2, -0.15) is 5.26 Å². The Morgan fingerprint density at radius 3 is 2.84 bits per heavy atom. The molecule has 0 aliphatic heterocycles. The maximum absolute atomic E-state index is 8.90. The van der Waals surface area contributed by atoms with Crippen molar-refractivity contribution in [2.75, 3.05) is 0 Å². The molecule has 0 amide bonds. The first kappa shape index (κ1) is 13.6. The van der Waals surface area contributed by atoms with Crippen molar-refractivity contribution in [2.24, 2.45) is 0 Å². The number of imidazole rings is 1. The van der Waals surface area contributed by atoms with Crippen LogP contribution in [0.15, 0.2) is 61.1 Å². The highest BCUT2D eigenvalue weighted by molar-refractivity contribution is 5.35. The molecule has 0 aliphatic rings. The minimum absolute atomic E-state index is 0. The molecule has 0 saturated carbocycles. The molecule has 0 radical (unpaired) electrons. The van der Waals surface area contributed by atoms with E-state index in [1.165, 1.54) is 0 Å². The highest BCUT2D eigenvalue weighted by Crippen LogP contribution is 2.08. The van der Waals surface area contributed by atoms with Gasteiger partial charge in [0.25, 0.3) is 5.65 Å². The van der Waals surface area contributed by atoms with Crippen LogP contribution >= 0.6 is 0 Å². The number of halogens is 1. The number of nitrogens with zero attached hydrogens (tertiary/aromatic N) is 3. The first-order valence-electron chi connectivity index (χ1n) is 5.81. The summed E-state index contributed by atoms with van der Waals surface area (Å²) in [5.41, 5.74) is 2.98. The molecule has 0 N–H and O–H groups in total. The minimum atomic E-state index is 0. The standard InChI is InChI=1S/C15H12N3.HI/c16-11-13-4-3-5-14(10-13)12-18-9-8-17-7-2-1-6-15(17)18;/h1-10H,12H2;1H/q+1;/p-1. The van der Waals surface area contributed by atoms with Crippen molar-refractivity contribution >= 4 is 5.65 Å².